The largest absolute Gasteiger partial charge is 0.497 e. The van der Waals surface area contributed by atoms with Gasteiger partial charge in [0.05, 0.1) is 12.8 Å². The molecule has 34 heavy (non-hydrogen) atoms. The van der Waals surface area contributed by atoms with Gasteiger partial charge in [-0.2, -0.15) is 10.1 Å². The summed E-state index contributed by atoms with van der Waals surface area (Å²) in [5.74, 6) is 2.36. The standard InChI is InChI=1S/C27H25N5O2/c1-31(2)19-12-8-17(9-13-19)25-23-24(30-27-28-16-29-32(25)27)21-6-4-5-7-22(21)34-26(23)18-10-14-20(33-3)15-11-18/h4-16,25-26H,1-3H3,(H,28,29,30). The average molecular weight is 452 g/mol. The van der Waals surface area contributed by atoms with Crippen LogP contribution in [0.25, 0.3) is 5.70 Å². The lowest BCUT2D eigenvalue weighted by Crippen LogP contribution is -2.32. The SMILES string of the molecule is COc1ccc(C2Oc3ccccc3C3=C2C(c2ccc(N(C)C)cc2)n2ncnc2N3)cc1. The lowest BCUT2D eigenvalue weighted by atomic mass is 9.84. The minimum absolute atomic E-state index is 0.176. The Hall–Kier alpha value is -4.26. The first-order chi connectivity index (χ1) is 16.6. The van der Waals surface area contributed by atoms with Gasteiger partial charge in [0.15, 0.2) is 0 Å². The van der Waals surface area contributed by atoms with Crippen LogP contribution in [0.1, 0.15) is 28.8 Å². The first kappa shape index (κ1) is 20.4. The van der Waals surface area contributed by atoms with Crippen LogP contribution in [0, 0.1) is 0 Å². The van der Waals surface area contributed by atoms with Gasteiger partial charge in [-0.1, -0.05) is 36.4 Å². The van der Waals surface area contributed by atoms with E-state index in [2.05, 4.69) is 62.8 Å². The molecule has 0 amide bonds. The summed E-state index contributed by atoms with van der Waals surface area (Å²) in [4.78, 5) is 6.60. The Morgan fingerprint density at radius 1 is 0.941 bits per heavy atom. The molecule has 3 heterocycles. The second-order valence-electron chi connectivity index (χ2n) is 8.64. The Balaban J connectivity index is 1.57. The topological polar surface area (TPSA) is 64.4 Å². The molecule has 2 atom stereocenters. The van der Waals surface area contributed by atoms with Crippen molar-refractivity contribution in [2.45, 2.75) is 12.1 Å². The van der Waals surface area contributed by atoms with Gasteiger partial charge in [0.25, 0.3) is 0 Å². The first-order valence-electron chi connectivity index (χ1n) is 11.2. The van der Waals surface area contributed by atoms with Crippen molar-refractivity contribution in [2.75, 3.05) is 31.4 Å². The molecule has 6 rings (SSSR count). The molecule has 170 valence electrons. The zero-order chi connectivity index (χ0) is 23.2. The number of hydrogen-bond acceptors (Lipinski definition) is 6. The minimum atomic E-state index is -0.306. The molecule has 0 aliphatic carbocycles. The number of benzene rings is 3. The number of ether oxygens (including phenoxy) is 2. The van der Waals surface area contributed by atoms with Gasteiger partial charge >= 0.3 is 0 Å². The molecule has 1 aromatic heterocycles. The monoisotopic (exact) mass is 451 g/mol. The molecule has 0 saturated heterocycles. The van der Waals surface area contributed by atoms with Crippen molar-refractivity contribution in [1.82, 2.24) is 14.8 Å². The summed E-state index contributed by atoms with van der Waals surface area (Å²) in [5, 5.41) is 8.14. The lowest BCUT2D eigenvalue weighted by molar-refractivity contribution is 0.223. The van der Waals surface area contributed by atoms with Gasteiger partial charge in [-0.3, -0.25) is 0 Å². The maximum Gasteiger partial charge on any atom is 0.226 e. The molecular weight excluding hydrogens is 426 g/mol. The Morgan fingerprint density at radius 2 is 1.68 bits per heavy atom. The Morgan fingerprint density at radius 3 is 2.41 bits per heavy atom. The van der Waals surface area contributed by atoms with Crippen LogP contribution >= 0.6 is 0 Å². The quantitative estimate of drug-likeness (QED) is 0.476. The van der Waals surface area contributed by atoms with E-state index in [1.54, 1.807) is 13.4 Å². The van der Waals surface area contributed by atoms with Gasteiger partial charge in [0, 0.05) is 30.9 Å². The van der Waals surface area contributed by atoms with E-state index < -0.39 is 0 Å². The van der Waals surface area contributed by atoms with Gasteiger partial charge in [0.2, 0.25) is 5.95 Å². The van der Waals surface area contributed by atoms with E-state index >= 15 is 0 Å². The van der Waals surface area contributed by atoms with Crippen LogP contribution in [0.2, 0.25) is 0 Å². The number of para-hydroxylation sites is 1. The summed E-state index contributed by atoms with van der Waals surface area (Å²) >= 11 is 0. The summed E-state index contributed by atoms with van der Waals surface area (Å²) in [7, 11) is 5.76. The maximum atomic E-state index is 6.66. The van der Waals surface area contributed by atoms with Crippen LogP contribution in [0.15, 0.2) is 84.7 Å². The second-order valence-corrected chi connectivity index (χ2v) is 8.64. The number of hydrogen-bond donors (Lipinski definition) is 1. The molecular formula is C27H25N5O2. The molecule has 0 saturated carbocycles. The highest BCUT2D eigenvalue weighted by molar-refractivity contribution is 5.85. The van der Waals surface area contributed by atoms with E-state index in [1.807, 2.05) is 49.1 Å². The highest BCUT2D eigenvalue weighted by Gasteiger charge is 2.40. The summed E-state index contributed by atoms with van der Waals surface area (Å²) in [6.45, 7) is 0. The fourth-order valence-electron chi connectivity index (χ4n) is 4.75. The number of methoxy groups -OCH3 is 1. The fourth-order valence-corrected chi connectivity index (χ4v) is 4.75. The van der Waals surface area contributed by atoms with Gasteiger partial charge in [-0.05, 0) is 47.5 Å². The van der Waals surface area contributed by atoms with Crippen molar-refractivity contribution in [3.8, 4) is 11.5 Å². The molecule has 3 aromatic carbocycles. The van der Waals surface area contributed by atoms with Crippen LogP contribution in [0.3, 0.4) is 0 Å². The Bertz CT molecular complexity index is 1370. The highest BCUT2D eigenvalue weighted by atomic mass is 16.5. The Kier molecular flexibility index (Phi) is 4.76. The summed E-state index contributed by atoms with van der Waals surface area (Å²) in [6, 6.07) is 24.6. The molecule has 0 fully saturated rings. The predicted molar refractivity (Wildman–Crippen MR) is 132 cm³/mol. The number of rotatable bonds is 4. The lowest BCUT2D eigenvalue weighted by Gasteiger charge is -2.39. The van der Waals surface area contributed by atoms with E-state index in [0.717, 1.165) is 45.1 Å². The van der Waals surface area contributed by atoms with Crippen LogP contribution in [-0.4, -0.2) is 36.0 Å². The molecule has 1 N–H and O–H groups in total. The van der Waals surface area contributed by atoms with Crippen molar-refractivity contribution in [1.29, 1.82) is 0 Å². The van der Waals surface area contributed by atoms with Crippen LogP contribution < -0.4 is 19.7 Å². The van der Waals surface area contributed by atoms with Gasteiger partial charge in [-0.25, -0.2) is 4.68 Å². The molecule has 2 unspecified atom stereocenters. The molecule has 2 aliphatic rings. The van der Waals surface area contributed by atoms with Gasteiger partial charge < -0.3 is 19.7 Å². The third-order valence-electron chi connectivity index (χ3n) is 6.47. The minimum Gasteiger partial charge on any atom is -0.497 e. The third kappa shape index (κ3) is 3.20. The zero-order valence-corrected chi connectivity index (χ0v) is 19.3. The van der Waals surface area contributed by atoms with E-state index in [1.165, 1.54) is 0 Å². The summed E-state index contributed by atoms with van der Waals surface area (Å²) in [6.07, 6.45) is 1.29. The highest BCUT2D eigenvalue weighted by Crippen LogP contribution is 2.50. The van der Waals surface area contributed by atoms with E-state index in [0.29, 0.717) is 5.95 Å². The zero-order valence-electron chi connectivity index (χ0n) is 19.3. The maximum absolute atomic E-state index is 6.66. The third-order valence-corrected chi connectivity index (χ3v) is 6.47. The van der Waals surface area contributed by atoms with Crippen LogP contribution in [0.4, 0.5) is 11.6 Å². The number of fused-ring (bicyclic) bond motifs is 3. The van der Waals surface area contributed by atoms with Crippen molar-refractivity contribution < 1.29 is 9.47 Å². The van der Waals surface area contributed by atoms with Crippen LogP contribution in [-0.2, 0) is 0 Å². The summed E-state index contributed by atoms with van der Waals surface area (Å²) in [5.41, 5.74) is 6.44. The normalized spacial score (nSPS) is 18.2. The number of anilines is 2. The van der Waals surface area contributed by atoms with Crippen LogP contribution in [0.5, 0.6) is 11.5 Å². The second kappa shape index (κ2) is 7.95. The van der Waals surface area contributed by atoms with Crippen molar-refractivity contribution in [3.63, 3.8) is 0 Å². The molecule has 2 aliphatic heterocycles. The first-order valence-corrected chi connectivity index (χ1v) is 11.2. The molecule has 4 aromatic rings. The molecule has 0 spiro atoms. The predicted octanol–water partition coefficient (Wildman–Crippen LogP) is 4.91. The van der Waals surface area contributed by atoms with Gasteiger partial charge in [0.1, 0.15) is 30.0 Å². The van der Waals surface area contributed by atoms with Crippen molar-refractivity contribution in [2.24, 2.45) is 0 Å². The van der Waals surface area contributed by atoms with Crippen molar-refractivity contribution in [3.05, 3.63) is 101 Å². The van der Waals surface area contributed by atoms with Gasteiger partial charge in [-0.15, -0.1) is 0 Å². The number of aromatic nitrogens is 3. The smallest absolute Gasteiger partial charge is 0.226 e. The fraction of sp³-hybridized carbons (Fsp3) is 0.185. The molecule has 0 bridgehead atoms. The number of nitrogens with one attached hydrogen (secondary N) is 1. The van der Waals surface area contributed by atoms with E-state index in [-0.39, 0.29) is 12.1 Å². The summed E-state index contributed by atoms with van der Waals surface area (Å²) < 4.78 is 14.0. The number of nitrogens with zero attached hydrogens (tertiary/aromatic N) is 4. The Labute approximate surface area is 198 Å². The molecule has 7 nitrogen and oxygen atoms in total. The van der Waals surface area contributed by atoms with E-state index in [9.17, 15) is 0 Å². The van der Waals surface area contributed by atoms with E-state index in [4.69, 9.17) is 9.47 Å². The average Bonchev–Trinajstić information content (AvgIpc) is 3.35. The molecule has 0 radical (unpaired) electrons. The van der Waals surface area contributed by atoms with Crippen molar-refractivity contribution >= 4 is 17.3 Å². The molecule has 7 heteroatoms.